The van der Waals surface area contributed by atoms with Gasteiger partial charge in [0.15, 0.2) is 0 Å². The first kappa shape index (κ1) is 19.4. The van der Waals surface area contributed by atoms with Gasteiger partial charge in [-0.05, 0) is 61.0 Å². The van der Waals surface area contributed by atoms with E-state index in [9.17, 15) is 9.59 Å². The van der Waals surface area contributed by atoms with Crippen molar-refractivity contribution in [2.45, 2.75) is 6.92 Å². The number of aromatic nitrogens is 1. The first-order valence-electron chi connectivity index (χ1n) is 8.45. The number of amides is 2. The Bertz CT molecular complexity index is 1020. The van der Waals surface area contributed by atoms with Gasteiger partial charge in [0.2, 0.25) is 0 Å². The van der Waals surface area contributed by atoms with Crippen molar-refractivity contribution in [1.82, 2.24) is 10.4 Å². The van der Waals surface area contributed by atoms with Gasteiger partial charge >= 0.3 is 0 Å². The van der Waals surface area contributed by atoms with Crippen molar-refractivity contribution in [3.63, 3.8) is 0 Å². The number of carbonyl (C=O) groups is 2. The third kappa shape index (κ3) is 5.11. The molecule has 0 saturated heterocycles. The molecule has 0 unspecified atom stereocenters. The minimum Gasteiger partial charge on any atom is -0.322 e. The minimum atomic E-state index is -0.298. The van der Waals surface area contributed by atoms with Crippen LogP contribution in [0.5, 0.6) is 0 Å². The lowest BCUT2D eigenvalue weighted by atomic mass is 10.1. The molecule has 7 heteroatoms. The molecule has 0 fully saturated rings. The average Bonchev–Trinajstić information content (AvgIpc) is 2.73. The predicted molar refractivity (Wildman–Crippen MR) is 112 cm³/mol. The van der Waals surface area contributed by atoms with E-state index in [4.69, 9.17) is 0 Å². The fourth-order valence-electron chi connectivity index (χ4n) is 2.39. The van der Waals surface area contributed by atoms with Gasteiger partial charge in [-0.3, -0.25) is 14.6 Å². The number of hydrogen-bond donors (Lipinski definition) is 2. The lowest BCUT2D eigenvalue weighted by Crippen LogP contribution is -2.19. The van der Waals surface area contributed by atoms with Gasteiger partial charge in [0.25, 0.3) is 11.8 Å². The monoisotopic (exact) mass is 436 g/mol. The number of pyridine rings is 1. The van der Waals surface area contributed by atoms with Crippen LogP contribution in [0.2, 0.25) is 0 Å². The maximum atomic E-state index is 12.2. The zero-order valence-electron chi connectivity index (χ0n) is 15.0. The van der Waals surface area contributed by atoms with Gasteiger partial charge in [0.1, 0.15) is 0 Å². The summed E-state index contributed by atoms with van der Waals surface area (Å²) in [7, 11) is 0. The number of hydrogen-bond acceptors (Lipinski definition) is 4. The summed E-state index contributed by atoms with van der Waals surface area (Å²) < 4.78 is 0.897. The number of benzene rings is 2. The fraction of sp³-hybridized carbons (Fsp3) is 0.0476. The Morgan fingerprint density at radius 3 is 2.39 bits per heavy atom. The molecule has 1 aromatic heterocycles. The first-order valence-corrected chi connectivity index (χ1v) is 9.24. The molecular formula is C21H17BrN4O2. The van der Waals surface area contributed by atoms with E-state index in [1.165, 1.54) is 6.20 Å². The zero-order valence-corrected chi connectivity index (χ0v) is 16.6. The predicted octanol–water partition coefficient (Wildman–Crippen LogP) is 4.25. The van der Waals surface area contributed by atoms with Crippen LogP contribution < -0.4 is 10.7 Å². The van der Waals surface area contributed by atoms with Gasteiger partial charge in [-0.1, -0.05) is 28.1 Å². The molecule has 0 aliphatic heterocycles. The molecular weight excluding hydrogens is 420 g/mol. The summed E-state index contributed by atoms with van der Waals surface area (Å²) in [4.78, 5) is 28.4. The van der Waals surface area contributed by atoms with Crippen LogP contribution in [-0.2, 0) is 0 Å². The SMILES string of the molecule is C/C(=N\NC(=O)c1ccc(Br)cc1)c1cccc(NC(=O)c2cccnc2)c1. The normalized spacial score (nSPS) is 11.0. The number of hydrazone groups is 1. The van der Waals surface area contributed by atoms with Crippen LogP contribution in [-0.4, -0.2) is 22.5 Å². The second-order valence-electron chi connectivity index (χ2n) is 5.92. The van der Waals surface area contributed by atoms with Crippen molar-refractivity contribution < 1.29 is 9.59 Å². The number of nitrogens with zero attached hydrogens (tertiary/aromatic N) is 2. The van der Waals surface area contributed by atoms with E-state index >= 15 is 0 Å². The lowest BCUT2D eigenvalue weighted by Gasteiger charge is -2.08. The molecule has 28 heavy (non-hydrogen) atoms. The van der Waals surface area contributed by atoms with E-state index < -0.39 is 0 Å². The van der Waals surface area contributed by atoms with Crippen molar-refractivity contribution >= 4 is 39.1 Å². The molecule has 2 N–H and O–H groups in total. The van der Waals surface area contributed by atoms with Crippen molar-refractivity contribution in [3.8, 4) is 0 Å². The van der Waals surface area contributed by atoms with Crippen LogP contribution >= 0.6 is 15.9 Å². The van der Waals surface area contributed by atoms with Gasteiger partial charge in [-0.2, -0.15) is 5.10 Å². The second kappa shape index (κ2) is 9.05. The van der Waals surface area contributed by atoms with Crippen molar-refractivity contribution in [3.05, 3.63) is 94.2 Å². The number of anilines is 1. The Hall–Kier alpha value is -3.32. The van der Waals surface area contributed by atoms with Crippen LogP contribution in [0.15, 0.2) is 82.6 Å². The molecule has 0 atom stereocenters. The van der Waals surface area contributed by atoms with E-state index in [1.54, 1.807) is 61.7 Å². The van der Waals surface area contributed by atoms with Crippen LogP contribution in [0.4, 0.5) is 5.69 Å². The quantitative estimate of drug-likeness (QED) is 0.463. The summed E-state index contributed by atoms with van der Waals surface area (Å²) in [6.45, 7) is 1.78. The third-order valence-electron chi connectivity index (χ3n) is 3.89. The topological polar surface area (TPSA) is 83.5 Å². The molecule has 2 aromatic carbocycles. The Balaban J connectivity index is 1.68. The van der Waals surface area contributed by atoms with E-state index in [0.29, 0.717) is 22.5 Å². The standard InChI is InChI=1S/C21H17BrN4O2/c1-14(25-26-21(28)15-7-9-18(22)10-8-15)16-4-2-6-19(12-16)24-20(27)17-5-3-11-23-13-17/h2-13H,1H3,(H,24,27)(H,26,28)/b25-14+. The number of carbonyl (C=O) groups excluding carboxylic acids is 2. The van der Waals surface area contributed by atoms with E-state index in [1.807, 2.05) is 12.1 Å². The Kier molecular flexibility index (Phi) is 6.29. The second-order valence-corrected chi connectivity index (χ2v) is 6.84. The van der Waals surface area contributed by atoms with Crippen molar-refractivity contribution in [2.24, 2.45) is 5.10 Å². The summed E-state index contributed by atoms with van der Waals surface area (Å²) in [6, 6.07) is 17.6. The molecule has 1 heterocycles. The highest BCUT2D eigenvalue weighted by molar-refractivity contribution is 9.10. The summed E-state index contributed by atoms with van der Waals surface area (Å²) in [5.74, 6) is -0.545. The smallest absolute Gasteiger partial charge is 0.271 e. The number of nitrogens with one attached hydrogen (secondary N) is 2. The summed E-state index contributed by atoms with van der Waals surface area (Å²) in [5.41, 5.74) is 5.54. The number of halogens is 1. The molecule has 3 aromatic rings. The molecule has 0 aliphatic rings. The molecule has 0 saturated carbocycles. The zero-order chi connectivity index (χ0) is 19.9. The van der Waals surface area contributed by atoms with Crippen LogP contribution in [0.25, 0.3) is 0 Å². The fourth-order valence-corrected chi connectivity index (χ4v) is 2.65. The maximum absolute atomic E-state index is 12.2. The molecule has 0 aliphatic carbocycles. The summed E-state index contributed by atoms with van der Waals surface area (Å²) >= 11 is 3.33. The van der Waals surface area contributed by atoms with Crippen molar-refractivity contribution in [2.75, 3.05) is 5.32 Å². The van der Waals surface area contributed by atoms with Crippen LogP contribution in [0, 0.1) is 0 Å². The minimum absolute atomic E-state index is 0.247. The Labute approximate surface area is 170 Å². The van der Waals surface area contributed by atoms with Gasteiger partial charge in [-0.15, -0.1) is 0 Å². The Morgan fingerprint density at radius 2 is 1.68 bits per heavy atom. The lowest BCUT2D eigenvalue weighted by molar-refractivity contribution is 0.0954. The average molecular weight is 437 g/mol. The molecule has 0 bridgehead atoms. The molecule has 3 rings (SSSR count). The highest BCUT2D eigenvalue weighted by atomic mass is 79.9. The van der Waals surface area contributed by atoms with Gasteiger partial charge < -0.3 is 5.32 Å². The van der Waals surface area contributed by atoms with Crippen molar-refractivity contribution in [1.29, 1.82) is 0 Å². The first-order chi connectivity index (χ1) is 13.5. The van der Waals surface area contributed by atoms with E-state index in [-0.39, 0.29) is 11.8 Å². The third-order valence-corrected chi connectivity index (χ3v) is 4.42. The van der Waals surface area contributed by atoms with Gasteiger partial charge in [0, 0.05) is 28.1 Å². The van der Waals surface area contributed by atoms with Crippen LogP contribution in [0.1, 0.15) is 33.2 Å². The van der Waals surface area contributed by atoms with Crippen LogP contribution in [0.3, 0.4) is 0 Å². The highest BCUT2D eigenvalue weighted by Crippen LogP contribution is 2.13. The van der Waals surface area contributed by atoms with E-state index in [2.05, 4.69) is 36.8 Å². The highest BCUT2D eigenvalue weighted by Gasteiger charge is 2.08. The molecule has 6 nitrogen and oxygen atoms in total. The van der Waals surface area contributed by atoms with Gasteiger partial charge in [-0.25, -0.2) is 5.43 Å². The molecule has 2 amide bonds. The summed E-state index contributed by atoms with van der Waals surface area (Å²) in [5, 5.41) is 6.98. The molecule has 140 valence electrons. The number of rotatable bonds is 5. The maximum Gasteiger partial charge on any atom is 0.271 e. The van der Waals surface area contributed by atoms with Gasteiger partial charge in [0.05, 0.1) is 11.3 Å². The van der Waals surface area contributed by atoms with E-state index in [0.717, 1.165) is 10.0 Å². The molecule has 0 radical (unpaired) electrons. The summed E-state index contributed by atoms with van der Waals surface area (Å²) in [6.07, 6.45) is 3.11. The largest absolute Gasteiger partial charge is 0.322 e. The molecule has 0 spiro atoms. The Morgan fingerprint density at radius 1 is 0.929 bits per heavy atom.